The van der Waals surface area contributed by atoms with E-state index in [1.807, 2.05) is 6.92 Å². The zero-order valence-corrected chi connectivity index (χ0v) is 8.16. The molecule has 0 saturated heterocycles. The van der Waals surface area contributed by atoms with Crippen molar-refractivity contribution in [2.75, 3.05) is 13.2 Å². The zero-order chi connectivity index (χ0) is 9.61. The van der Waals surface area contributed by atoms with Crippen LogP contribution in [0.2, 0.25) is 0 Å². The lowest BCUT2D eigenvalue weighted by Gasteiger charge is -2.13. The molecule has 1 unspecified atom stereocenters. The maximum atomic E-state index is 10.3. The van der Waals surface area contributed by atoms with Gasteiger partial charge in [0, 0.05) is 6.61 Å². The van der Waals surface area contributed by atoms with Crippen molar-refractivity contribution in [1.29, 1.82) is 0 Å². The summed E-state index contributed by atoms with van der Waals surface area (Å²) in [6.07, 6.45) is 0.306. The van der Waals surface area contributed by atoms with E-state index in [2.05, 4.69) is 4.52 Å². The van der Waals surface area contributed by atoms with Crippen molar-refractivity contribution in [2.45, 2.75) is 26.4 Å². The molecular formula is C6H15O5P. The third kappa shape index (κ3) is 8.17. The van der Waals surface area contributed by atoms with Crippen LogP contribution in [-0.2, 0) is 13.8 Å². The van der Waals surface area contributed by atoms with Crippen LogP contribution >= 0.6 is 7.82 Å². The van der Waals surface area contributed by atoms with Crippen molar-refractivity contribution < 1.29 is 23.6 Å². The van der Waals surface area contributed by atoms with Crippen molar-refractivity contribution in [1.82, 2.24) is 0 Å². The molecule has 6 heteroatoms. The van der Waals surface area contributed by atoms with Gasteiger partial charge in [-0.2, -0.15) is 0 Å². The van der Waals surface area contributed by atoms with Crippen molar-refractivity contribution >= 4 is 7.82 Å². The van der Waals surface area contributed by atoms with E-state index in [4.69, 9.17) is 14.5 Å². The Kier molecular flexibility index (Phi) is 5.70. The van der Waals surface area contributed by atoms with Gasteiger partial charge in [-0.25, -0.2) is 4.57 Å². The van der Waals surface area contributed by atoms with Gasteiger partial charge in [-0.15, -0.1) is 0 Å². The summed E-state index contributed by atoms with van der Waals surface area (Å²) in [4.78, 5) is 16.8. The highest BCUT2D eigenvalue weighted by molar-refractivity contribution is 7.46. The minimum Gasteiger partial charge on any atom is -0.379 e. The Morgan fingerprint density at radius 3 is 2.50 bits per heavy atom. The van der Waals surface area contributed by atoms with Crippen molar-refractivity contribution in [3.63, 3.8) is 0 Å². The Labute approximate surface area is 71.9 Å². The summed E-state index contributed by atoms with van der Waals surface area (Å²) in [6.45, 7) is 4.29. The summed E-state index contributed by atoms with van der Waals surface area (Å²) in [5.74, 6) is 0. The lowest BCUT2D eigenvalue weighted by atomic mass is 10.4. The standard InChI is InChI=1S/C6H15O5P/c1-3-4-10-5-6(2)11-12(7,8)9/h6H,3-5H2,1-2H3,(H2,7,8,9). The van der Waals surface area contributed by atoms with Crippen LogP contribution in [0.5, 0.6) is 0 Å². The lowest BCUT2D eigenvalue weighted by molar-refractivity contribution is 0.0422. The van der Waals surface area contributed by atoms with E-state index in [0.29, 0.717) is 6.61 Å². The van der Waals surface area contributed by atoms with Gasteiger partial charge in [-0.3, -0.25) is 4.52 Å². The fraction of sp³-hybridized carbons (Fsp3) is 1.00. The predicted octanol–water partition coefficient (Wildman–Crippen LogP) is 0.911. The SMILES string of the molecule is CCCOCC(C)OP(=O)(O)O. The Hall–Kier alpha value is 0.0700. The normalized spacial score (nSPS) is 14.7. The fourth-order valence-corrected chi connectivity index (χ4v) is 1.19. The third-order valence-electron chi connectivity index (χ3n) is 1.02. The maximum absolute atomic E-state index is 10.3. The molecular weight excluding hydrogens is 183 g/mol. The molecule has 0 amide bonds. The van der Waals surface area contributed by atoms with Crippen LogP contribution in [0, 0.1) is 0 Å². The van der Waals surface area contributed by atoms with Gasteiger partial charge in [-0.05, 0) is 13.3 Å². The van der Waals surface area contributed by atoms with Crippen LogP contribution in [0.3, 0.4) is 0 Å². The molecule has 0 bridgehead atoms. The highest BCUT2D eigenvalue weighted by Crippen LogP contribution is 2.37. The van der Waals surface area contributed by atoms with E-state index < -0.39 is 13.9 Å². The molecule has 0 rings (SSSR count). The van der Waals surface area contributed by atoms with Crippen molar-refractivity contribution in [3.8, 4) is 0 Å². The molecule has 0 aromatic rings. The molecule has 12 heavy (non-hydrogen) atoms. The Morgan fingerprint density at radius 1 is 1.50 bits per heavy atom. The lowest BCUT2D eigenvalue weighted by Crippen LogP contribution is -2.14. The molecule has 1 atom stereocenters. The van der Waals surface area contributed by atoms with Gasteiger partial charge >= 0.3 is 7.82 Å². The molecule has 0 aromatic carbocycles. The van der Waals surface area contributed by atoms with Crippen molar-refractivity contribution in [2.24, 2.45) is 0 Å². The smallest absolute Gasteiger partial charge is 0.379 e. The molecule has 2 N–H and O–H groups in total. The van der Waals surface area contributed by atoms with Gasteiger partial charge in [0.1, 0.15) is 0 Å². The second kappa shape index (κ2) is 5.67. The van der Waals surface area contributed by atoms with Crippen LogP contribution in [0.1, 0.15) is 20.3 Å². The first-order chi connectivity index (χ1) is 5.45. The van der Waals surface area contributed by atoms with E-state index in [1.54, 1.807) is 6.92 Å². The monoisotopic (exact) mass is 198 g/mol. The average Bonchev–Trinajstić information content (AvgIpc) is 1.84. The molecule has 0 aliphatic rings. The third-order valence-corrected chi connectivity index (χ3v) is 1.65. The molecule has 0 aliphatic heterocycles. The van der Waals surface area contributed by atoms with Gasteiger partial charge < -0.3 is 14.5 Å². The first-order valence-electron chi connectivity index (χ1n) is 3.77. The van der Waals surface area contributed by atoms with E-state index in [9.17, 15) is 4.57 Å². The van der Waals surface area contributed by atoms with Gasteiger partial charge in [0.15, 0.2) is 0 Å². The first kappa shape index (κ1) is 12.1. The number of phosphoric ester groups is 1. The second-order valence-electron chi connectivity index (χ2n) is 2.48. The molecule has 74 valence electrons. The Balaban J connectivity index is 3.46. The van der Waals surface area contributed by atoms with Crippen molar-refractivity contribution in [3.05, 3.63) is 0 Å². The molecule has 0 heterocycles. The summed E-state index contributed by atoms with van der Waals surface area (Å²) in [7, 11) is -4.35. The largest absolute Gasteiger partial charge is 0.469 e. The summed E-state index contributed by atoms with van der Waals surface area (Å²) in [5, 5.41) is 0. The molecule has 0 fully saturated rings. The molecule has 0 radical (unpaired) electrons. The highest BCUT2D eigenvalue weighted by Gasteiger charge is 2.18. The summed E-state index contributed by atoms with van der Waals surface area (Å²) < 4.78 is 19.6. The van der Waals surface area contributed by atoms with E-state index in [0.717, 1.165) is 6.42 Å². The van der Waals surface area contributed by atoms with E-state index >= 15 is 0 Å². The Morgan fingerprint density at radius 2 is 2.08 bits per heavy atom. The number of hydrogen-bond acceptors (Lipinski definition) is 3. The molecule has 0 saturated carbocycles. The van der Waals surface area contributed by atoms with Crippen LogP contribution in [0.25, 0.3) is 0 Å². The fourth-order valence-electron chi connectivity index (χ4n) is 0.658. The maximum Gasteiger partial charge on any atom is 0.469 e. The minimum atomic E-state index is -4.35. The topological polar surface area (TPSA) is 76.0 Å². The molecule has 0 aromatic heterocycles. The highest BCUT2D eigenvalue weighted by atomic mass is 31.2. The zero-order valence-electron chi connectivity index (χ0n) is 7.27. The summed E-state index contributed by atoms with van der Waals surface area (Å²) >= 11 is 0. The first-order valence-corrected chi connectivity index (χ1v) is 5.30. The number of hydrogen-bond donors (Lipinski definition) is 2. The van der Waals surface area contributed by atoms with Crippen LogP contribution in [0.4, 0.5) is 0 Å². The van der Waals surface area contributed by atoms with Gasteiger partial charge in [-0.1, -0.05) is 6.92 Å². The average molecular weight is 198 g/mol. The van der Waals surface area contributed by atoms with Crippen LogP contribution in [0.15, 0.2) is 0 Å². The summed E-state index contributed by atoms with van der Waals surface area (Å²) in [6, 6.07) is 0. The van der Waals surface area contributed by atoms with Gasteiger partial charge in [0.05, 0.1) is 12.7 Å². The van der Waals surface area contributed by atoms with E-state index in [-0.39, 0.29) is 6.61 Å². The quantitative estimate of drug-likeness (QED) is 0.490. The number of ether oxygens (including phenoxy) is 1. The second-order valence-corrected chi connectivity index (χ2v) is 3.67. The number of phosphoric acid groups is 1. The number of rotatable bonds is 6. The van der Waals surface area contributed by atoms with Gasteiger partial charge in [0.25, 0.3) is 0 Å². The Bertz CT molecular complexity index is 154. The van der Waals surface area contributed by atoms with Gasteiger partial charge in [0.2, 0.25) is 0 Å². The van der Waals surface area contributed by atoms with Crippen LogP contribution < -0.4 is 0 Å². The van der Waals surface area contributed by atoms with E-state index in [1.165, 1.54) is 0 Å². The van der Waals surface area contributed by atoms with Crippen LogP contribution in [-0.4, -0.2) is 29.1 Å². The molecule has 5 nitrogen and oxygen atoms in total. The summed E-state index contributed by atoms with van der Waals surface area (Å²) in [5.41, 5.74) is 0. The molecule has 0 aliphatic carbocycles. The molecule has 0 spiro atoms. The predicted molar refractivity (Wildman–Crippen MR) is 43.7 cm³/mol. The minimum absolute atomic E-state index is 0.207.